The number of hydrazone groups is 1. The molecule has 9 heteroatoms. The number of hydrogen-bond acceptors (Lipinski definition) is 6. The molecule has 1 heterocycles. The number of carbonyl (C=O) groups excluding carboxylic acids is 1. The summed E-state index contributed by atoms with van der Waals surface area (Å²) in [5, 5.41) is 15.2. The number of ether oxygens (including phenoxy) is 2. The first-order valence-electron chi connectivity index (χ1n) is 7.18. The van der Waals surface area contributed by atoms with Crippen LogP contribution < -0.4 is 14.9 Å². The Balaban J connectivity index is 1.65. The lowest BCUT2D eigenvalue weighted by atomic mass is 10.1. The van der Waals surface area contributed by atoms with Gasteiger partial charge in [0.05, 0.1) is 22.6 Å². The predicted molar refractivity (Wildman–Crippen MR) is 90.1 cm³/mol. The smallest absolute Gasteiger partial charge is 0.273 e. The highest BCUT2D eigenvalue weighted by molar-refractivity contribution is 6.33. The predicted octanol–water partition coefficient (Wildman–Crippen LogP) is 2.67. The molecule has 128 valence electrons. The van der Waals surface area contributed by atoms with Crippen LogP contribution in [0.15, 0.2) is 41.5 Å². The summed E-state index contributed by atoms with van der Waals surface area (Å²) < 4.78 is 10.4. The van der Waals surface area contributed by atoms with E-state index in [-0.39, 0.29) is 18.9 Å². The zero-order valence-corrected chi connectivity index (χ0v) is 13.5. The van der Waals surface area contributed by atoms with Gasteiger partial charge in [-0.3, -0.25) is 14.9 Å². The summed E-state index contributed by atoms with van der Waals surface area (Å²) in [5.41, 5.74) is 3.05. The van der Waals surface area contributed by atoms with E-state index in [2.05, 4.69) is 10.5 Å². The third-order valence-corrected chi connectivity index (χ3v) is 3.75. The number of para-hydroxylation sites is 1. The highest BCUT2D eigenvalue weighted by Crippen LogP contribution is 2.36. The summed E-state index contributed by atoms with van der Waals surface area (Å²) in [6, 6.07) is 9.28. The lowest BCUT2D eigenvalue weighted by Gasteiger charge is -2.03. The van der Waals surface area contributed by atoms with Crippen LogP contribution in [0.25, 0.3) is 0 Å². The van der Waals surface area contributed by atoms with Crippen molar-refractivity contribution in [1.82, 2.24) is 5.43 Å². The van der Waals surface area contributed by atoms with Gasteiger partial charge in [-0.15, -0.1) is 0 Å². The van der Waals surface area contributed by atoms with E-state index in [9.17, 15) is 14.9 Å². The molecule has 1 N–H and O–H groups in total. The Hall–Kier alpha value is -3.13. The number of amides is 1. The second kappa shape index (κ2) is 7.18. The highest BCUT2D eigenvalue weighted by Gasteiger charge is 2.16. The number of rotatable bonds is 5. The van der Waals surface area contributed by atoms with Crippen molar-refractivity contribution >= 4 is 29.4 Å². The molecule has 0 aliphatic carbocycles. The molecule has 0 radical (unpaired) electrons. The zero-order chi connectivity index (χ0) is 17.8. The van der Waals surface area contributed by atoms with Gasteiger partial charge in [-0.25, -0.2) is 5.43 Å². The molecule has 25 heavy (non-hydrogen) atoms. The average molecular weight is 362 g/mol. The fourth-order valence-electron chi connectivity index (χ4n) is 2.26. The van der Waals surface area contributed by atoms with Crippen molar-refractivity contribution in [2.24, 2.45) is 5.10 Å². The topological polar surface area (TPSA) is 103 Å². The van der Waals surface area contributed by atoms with Crippen molar-refractivity contribution in [1.29, 1.82) is 0 Å². The summed E-state index contributed by atoms with van der Waals surface area (Å²) in [6.45, 7) is 0.124. The van der Waals surface area contributed by atoms with Crippen molar-refractivity contribution in [2.45, 2.75) is 6.42 Å². The van der Waals surface area contributed by atoms with E-state index in [4.69, 9.17) is 21.1 Å². The molecule has 0 unspecified atom stereocenters. The van der Waals surface area contributed by atoms with Gasteiger partial charge in [0, 0.05) is 23.3 Å². The molecule has 0 fully saturated rings. The molecule has 1 amide bonds. The fraction of sp³-hybridized carbons (Fsp3) is 0.125. The van der Waals surface area contributed by atoms with Crippen molar-refractivity contribution in [3.8, 4) is 11.5 Å². The summed E-state index contributed by atoms with van der Waals surface area (Å²) in [4.78, 5) is 22.3. The van der Waals surface area contributed by atoms with Crippen LogP contribution in [0.4, 0.5) is 5.69 Å². The van der Waals surface area contributed by atoms with Crippen LogP contribution in [-0.2, 0) is 11.2 Å². The minimum atomic E-state index is -0.529. The number of halogens is 1. The van der Waals surface area contributed by atoms with E-state index in [0.717, 1.165) is 0 Å². The van der Waals surface area contributed by atoms with Crippen LogP contribution in [0.5, 0.6) is 11.5 Å². The van der Waals surface area contributed by atoms with Gasteiger partial charge in [-0.2, -0.15) is 5.10 Å². The number of carbonyl (C=O) groups is 1. The third kappa shape index (κ3) is 3.86. The van der Waals surface area contributed by atoms with Crippen LogP contribution in [-0.4, -0.2) is 23.8 Å². The first kappa shape index (κ1) is 16.7. The first-order chi connectivity index (χ1) is 12.0. The van der Waals surface area contributed by atoms with Gasteiger partial charge >= 0.3 is 0 Å². The zero-order valence-electron chi connectivity index (χ0n) is 12.8. The third-order valence-electron chi connectivity index (χ3n) is 3.42. The molecule has 0 saturated carbocycles. The summed E-state index contributed by atoms with van der Waals surface area (Å²) in [7, 11) is 0. The SMILES string of the molecule is O=C(Cc1ccccc1[N+](=O)[O-])NN=Cc1cc2c(cc1Cl)OCO2. The molecule has 0 bridgehead atoms. The standard InChI is InChI=1S/C16H12ClN3O5/c17-12-7-15-14(24-9-25-15)5-11(12)8-18-19-16(21)6-10-3-1-2-4-13(10)20(22)23/h1-5,7-8H,6,9H2,(H,19,21). The first-order valence-corrected chi connectivity index (χ1v) is 7.56. The maximum Gasteiger partial charge on any atom is 0.273 e. The molecule has 0 aromatic heterocycles. The largest absolute Gasteiger partial charge is 0.454 e. The lowest BCUT2D eigenvalue weighted by molar-refractivity contribution is -0.385. The van der Waals surface area contributed by atoms with Crippen LogP contribution in [0.2, 0.25) is 5.02 Å². The molecule has 2 aromatic rings. The molecule has 0 atom stereocenters. The van der Waals surface area contributed by atoms with E-state index in [1.807, 2.05) is 0 Å². The van der Waals surface area contributed by atoms with Gasteiger partial charge in [0.25, 0.3) is 5.69 Å². The minimum absolute atomic E-state index is 0.111. The Morgan fingerprint density at radius 2 is 2.04 bits per heavy atom. The van der Waals surface area contributed by atoms with Crippen molar-refractivity contribution in [2.75, 3.05) is 6.79 Å². The monoisotopic (exact) mass is 361 g/mol. The van der Waals surface area contributed by atoms with E-state index >= 15 is 0 Å². The van der Waals surface area contributed by atoms with Gasteiger partial charge in [-0.1, -0.05) is 29.8 Å². The van der Waals surface area contributed by atoms with Crippen LogP contribution in [0.3, 0.4) is 0 Å². The Labute approximate surface area is 147 Å². The number of fused-ring (bicyclic) bond motifs is 1. The normalized spacial score (nSPS) is 12.4. The molecular weight excluding hydrogens is 350 g/mol. The van der Waals surface area contributed by atoms with Crippen LogP contribution in [0.1, 0.15) is 11.1 Å². The molecule has 1 aliphatic heterocycles. The Bertz CT molecular complexity index is 869. The van der Waals surface area contributed by atoms with Crippen molar-refractivity contribution in [3.63, 3.8) is 0 Å². The number of hydrogen-bond donors (Lipinski definition) is 1. The lowest BCUT2D eigenvalue weighted by Crippen LogP contribution is -2.20. The van der Waals surface area contributed by atoms with Crippen molar-refractivity contribution < 1.29 is 19.2 Å². The number of nitro groups is 1. The summed E-state index contributed by atoms with van der Waals surface area (Å²) in [6.07, 6.45) is 1.20. The molecule has 2 aromatic carbocycles. The maximum atomic E-state index is 11.9. The Morgan fingerprint density at radius 3 is 2.80 bits per heavy atom. The maximum absolute atomic E-state index is 11.9. The van der Waals surface area contributed by atoms with Gasteiger partial charge in [0.1, 0.15) is 0 Å². The van der Waals surface area contributed by atoms with Crippen LogP contribution in [0, 0.1) is 10.1 Å². The quantitative estimate of drug-likeness (QED) is 0.501. The van der Waals surface area contributed by atoms with Crippen molar-refractivity contribution in [3.05, 3.63) is 62.7 Å². The number of benzene rings is 2. The Morgan fingerprint density at radius 1 is 1.32 bits per heavy atom. The average Bonchev–Trinajstić information content (AvgIpc) is 3.02. The molecule has 8 nitrogen and oxygen atoms in total. The molecule has 3 rings (SSSR count). The number of nitrogens with zero attached hydrogens (tertiary/aromatic N) is 2. The van der Waals surface area contributed by atoms with Crippen LogP contribution >= 0.6 is 11.6 Å². The second-order valence-corrected chi connectivity index (χ2v) is 5.49. The van der Waals surface area contributed by atoms with Gasteiger partial charge in [0.15, 0.2) is 11.5 Å². The van der Waals surface area contributed by atoms with Gasteiger partial charge < -0.3 is 9.47 Å². The highest BCUT2D eigenvalue weighted by atomic mass is 35.5. The molecule has 1 aliphatic rings. The van der Waals surface area contributed by atoms with Gasteiger partial charge in [-0.05, 0) is 6.07 Å². The van der Waals surface area contributed by atoms with E-state index < -0.39 is 10.8 Å². The van der Waals surface area contributed by atoms with E-state index in [1.54, 1.807) is 24.3 Å². The number of nitrogens with one attached hydrogen (secondary N) is 1. The fourth-order valence-corrected chi connectivity index (χ4v) is 2.46. The molecule has 0 saturated heterocycles. The number of nitro benzene ring substituents is 1. The Kier molecular flexibility index (Phi) is 4.80. The summed E-state index contributed by atoms with van der Waals surface area (Å²) in [5.74, 6) is 0.599. The van der Waals surface area contributed by atoms with Gasteiger partial charge in [0.2, 0.25) is 12.7 Å². The molecule has 0 spiro atoms. The molecular formula is C16H12ClN3O5. The van der Waals surface area contributed by atoms with E-state index in [0.29, 0.717) is 27.6 Å². The summed E-state index contributed by atoms with van der Waals surface area (Å²) >= 11 is 6.09. The minimum Gasteiger partial charge on any atom is -0.454 e. The van der Waals surface area contributed by atoms with E-state index in [1.165, 1.54) is 18.3 Å². The second-order valence-electron chi connectivity index (χ2n) is 5.08.